The number of carbonyl (C=O) groups excluding carboxylic acids is 1. The first kappa shape index (κ1) is 13.7. The summed E-state index contributed by atoms with van der Waals surface area (Å²) in [7, 11) is 1.64. The van der Waals surface area contributed by atoms with Crippen molar-refractivity contribution in [1.82, 2.24) is 0 Å². The number of hydrogen-bond acceptors (Lipinski definition) is 3. The van der Waals surface area contributed by atoms with Gasteiger partial charge in [-0.05, 0) is 56.9 Å². The van der Waals surface area contributed by atoms with E-state index in [-0.39, 0.29) is 5.97 Å². The maximum atomic E-state index is 12.2. The molecular weight excluding hydrogens is 240 g/mol. The zero-order chi connectivity index (χ0) is 14.0. The number of methoxy groups -OCH3 is 1. The van der Waals surface area contributed by atoms with Crippen LogP contribution in [0.3, 0.4) is 0 Å². The highest BCUT2D eigenvalue weighted by Crippen LogP contribution is 2.35. The quantitative estimate of drug-likeness (QED) is 0.713. The van der Waals surface area contributed by atoms with E-state index in [1.54, 1.807) is 7.11 Å². The molecule has 3 heteroatoms. The monoisotopic (exact) mass is 260 g/mol. The molecule has 0 aromatic carbocycles. The van der Waals surface area contributed by atoms with Crippen molar-refractivity contribution in [3.63, 3.8) is 0 Å². The molecule has 0 atom stereocenters. The molecule has 0 fully saturated rings. The zero-order valence-corrected chi connectivity index (χ0v) is 11.9. The molecule has 102 valence electrons. The first-order valence-electron chi connectivity index (χ1n) is 6.50. The predicted molar refractivity (Wildman–Crippen MR) is 74.4 cm³/mol. The van der Waals surface area contributed by atoms with Gasteiger partial charge < -0.3 is 9.47 Å². The van der Waals surface area contributed by atoms with Crippen LogP contribution in [0.5, 0.6) is 0 Å². The van der Waals surface area contributed by atoms with Crippen LogP contribution in [0.15, 0.2) is 46.8 Å². The minimum atomic E-state index is -0.457. The second-order valence-corrected chi connectivity index (χ2v) is 5.69. The second-order valence-electron chi connectivity index (χ2n) is 5.69. The van der Waals surface area contributed by atoms with Crippen LogP contribution >= 0.6 is 0 Å². The van der Waals surface area contributed by atoms with Gasteiger partial charge in [-0.2, -0.15) is 0 Å². The average Bonchev–Trinajstić information content (AvgIpc) is 2.60. The first-order chi connectivity index (χ1) is 8.90. The van der Waals surface area contributed by atoms with Crippen LogP contribution in [0.25, 0.3) is 0 Å². The summed E-state index contributed by atoms with van der Waals surface area (Å²) in [6.45, 7) is 5.65. The fourth-order valence-corrected chi connectivity index (χ4v) is 2.20. The minimum absolute atomic E-state index is 0.212. The molecule has 0 aromatic rings. The number of ether oxygens (including phenoxy) is 2. The molecule has 0 saturated heterocycles. The van der Waals surface area contributed by atoms with Gasteiger partial charge in [0.1, 0.15) is 11.4 Å². The third-order valence-corrected chi connectivity index (χ3v) is 3.06. The van der Waals surface area contributed by atoms with Gasteiger partial charge in [0.25, 0.3) is 0 Å². The third kappa shape index (κ3) is 3.16. The van der Waals surface area contributed by atoms with Crippen molar-refractivity contribution in [2.75, 3.05) is 7.11 Å². The molecule has 3 nitrogen and oxygen atoms in total. The Balaban J connectivity index is 2.28. The van der Waals surface area contributed by atoms with Gasteiger partial charge in [-0.15, -0.1) is 0 Å². The van der Waals surface area contributed by atoms with E-state index in [1.165, 1.54) is 5.57 Å². The second kappa shape index (κ2) is 5.08. The summed E-state index contributed by atoms with van der Waals surface area (Å²) in [5.41, 5.74) is 2.46. The topological polar surface area (TPSA) is 35.5 Å². The fourth-order valence-electron chi connectivity index (χ4n) is 2.20. The molecule has 0 radical (unpaired) electrons. The molecular formula is C16H20O3. The SMILES string of the molecule is COC1=CC=C2CCC(C(=O)OC(C)(C)C)=C2C=C1. The fraction of sp³-hybridized carbons (Fsp3) is 0.438. The van der Waals surface area contributed by atoms with Crippen LogP contribution in [0, 0.1) is 0 Å². The summed E-state index contributed by atoms with van der Waals surface area (Å²) in [5, 5.41) is 0. The first-order valence-corrected chi connectivity index (χ1v) is 6.50. The normalized spacial score (nSPS) is 18.5. The molecule has 0 saturated carbocycles. The van der Waals surface area contributed by atoms with Gasteiger partial charge in [-0.3, -0.25) is 0 Å². The Labute approximate surface area is 114 Å². The van der Waals surface area contributed by atoms with Crippen LogP contribution in [-0.4, -0.2) is 18.7 Å². The van der Waals surface area contributed by atoms with Crippen LogP contribution in [0.4, 0.5) is 0 Å². The minimum Gasteiger partial charge on any atom is -0.497 e. The third-order valence-electron chi connectivity index (χ3n) is 3.06. The van der Waals surface area contributed by atoms with Crippen molar-refractivity contribution in [3.05, 3.63) is 46.8 Å². The highest BCUT2D eigenvalue weighted by atomic mass is 16.6. The smallest absolute Gasteiger partial charge is 0.335 e. The lowest BCUT2D eigenvalue weighted by atomic mass is 10.1. The summed E-state index contributed by atoms with van der Waals surface area (Å²) in [6, 6.07) is 0. The van der Waals surface area contributed by atoms with Gasteiger partial charge in [0.15, 0.2) is 0 Å². The van der Waals surface area contributed by atoms with Crippen molar-refractivity contribution in [3.8, 4) is 0 Å². The van der Waals surface area contributed by atoms with E-state index in [0.29, 0.717) is 0 Å². The lowest BCUT2D eigenvalue weighted by Crippen LogP contribution is -2.24. The average molecular weight is 260 g/mol. The van der Waals surface area contributed by atoms with Crippen molar-refractivity contribution >= 4 is 5.97 Å². The maximum absolute atomic E-state index is 12.2. The molecule has 0 aliphatic heterocycles. The van der Waals surface area contributed by atoms with E-state index in [1.807, 2.05) is 45.1 Å². The molecule has 0 spiro atoms. The van der Waals surface area contributed by atoms with Crippen molar-refractivity contribution in [2.45, 2.75) is 39.2 Å². The summed E-state index contributed by atoms with van der Waals surface area (Å²) < 4.78 is 10.7. The van der Waals surface area contributed by atoms with E-state index < -0.39 is 5.60 Å². The molecule has 2 aliphatic carbocycles. The number of fused-ring (bicyclic) bond motifs is 1. The lowest BCUT2D eigenvalue weighted by molar-refractivity contribution is -0.150. The molecule has 2 aliphatic rings. The van der Waals surface area contributed by atoms with Gasteiger partial charge in [-0.25, -0.2) is 4.79 Å². The summed E-state index contributed by atoms with van der Waals surface area (Å²) in [5.74, 6) is 0.578. The Morgan fingerprint density at radius 2 is 1.89 bits per heavy atom. The van der Waals surface area contributed by atoms with E-state index in [2.05, 4.69) is 0 Å². The van der Waals surface area contributed by atoms with Gasteiger partial charge >= 0.3 is 5.97 Å². The molecule has 0 aromatic heterocycles. The molecule has 0 unspecified atom stereocenters. The zero-order valence-electron chi connectivity index (χ0n) is 11.9. The van der Waals surface area contributed by atoms with Crippen LogP contribution in [-0.2, 0) is 14.3 Å². The van der Waals surface area contributed by atoms with E-state index in [9.17, 15) is 4.79 Å². The Bertz CT molecular complexity index is 511. The Morgan fingerprint density at radius 1 is 1.16 bits per heavy atom. The van der Waals surface area contributed by atoms with Gasteiger partial charge in [0, 0.05) is 5.57 Å². The highest BCUT2D eigenvalue weighted by Gasteiger charge is 2.27. The Kier molecular flexibility index (Phi) is 3.65. The van der Waals surface area contributed by atoms with Gasteiger partial charge in [-0.1, -0.05) is 12.2 Å². The number of hydrogen-bond donors (Lipinski definition) is 0. The van der Waals surface area contributed by atoms with Crippen LogP contribution < -0.4 is 0 Å². The molecule has 0 N–H and O–H groups in total. The van der Waals surface area contributed by atoms with Crippen LogP contribution in [0.1, 0.15) is 33.6 Å². The van der Waals surface area contributed by atoms with Crippen LogP contribution in [0.2, 0.25) is 0 Å². The summed E-state index contributed by atoms with van der Waals surface area (Å²) in [4.78, 5) is 12.2. The number of carbonyl (C=O) groups is 1. The van der Waals surface area contributed by atoms with E-state index in [4.69, 9.17) is 9.47 Å². The molecule has 0 heterocycles. The lowest BCUT2D eigenvalue weighted by Gasteiger charge is -2.20. The molecule has 0 bridgehead atoms. The number of allylic oxidation sites excluding steroid dienone is 6. The number of rotatable bonds is 2. The molecule has 19 heavy (non-hydrogen) atoms. The summed E-state index contributed by atoms with van der Waals surface area (Å²) >= 11 is 0. The standard InChI is InChI=1S/C16H20O3/c1-16(2,3)19-15(17)14-9-6-11-5-7-12(18-4)8-10-13(11)14/h5,7-8,10H,6,9H2,1-4H3. The van der Waals surface area contributed by atoms with Crippen molar-refractivity contribution < 1.29 is 14.3 Å². The molecule has 0 amide bonds. The maximum Gasteiger partial charge on any atom is 0.335 e. The Morgan fingerprint density at radius 3 is 2.53 bits per heavy atom. The summed E-state index contributed by atoms with van der Waals surface area (Å²) in [6.07, 6.45) is 9.40. The molecule has 2 rings (SSSR count). The van der Waals surface area contributed by atoms with Gasteiger partial charge in [0.2, 0.25) is 0 Å². The highest BCUT2D eigenvalue weighted by molar-refractivity contribution is 5.92. The van der Waals surface area contributed by atoms with Crippen molar-refractivity contribution in [1.29, 1.82) is 0 Å². The van der Waals surface area contributed by atoms with E-state index >= 15 is 0 Å². The van der Waals surface area contributed by atoms with E-state index in [0.717, 1.165) is 29.7 Å². The number of esters is 1. The van der Waals surface area contributed by atoms with Gasteiger partial charge in [0.05, 0.1) is 7.11 Å². The predicted octanol–water partition coefficient (Wildman–Crippen LogP) is 3.45. The largest absolute Gasteiger partial charge is 0.497 e. The van der Waals surface area contributed by atoms with Crippen molar-refractivity contribution in [2.24, 2.45) is 0 Å². The Hall–Kier alpha value is -1.77.